The zero-order valence-corrected chi connectivity index (χ0v) is 15.7. The highest BCUT2D eigenvalue weighted by Crippen LogP contribution is 2.26. The van der Waals surface area contributed by atoms with Gasteiger partial charge in [-0.05, 0) is 38.1 Å². The zero-order chi connectivity index (χ0) is 19.4. The fraction of sp³-hybridized carbons (Fsp3) is 0.263. The number of pyridine rings is 1. The summed E-state index contributed by atoms with van der Waals surface area (Å²) in [5.41, 5.74) is 1.15. The molecule has 0 atom stereocenters. The van der Waals surface area contributed by atoms with Gasteiger partial charge in [0, 0.05) is 28.4 Å². The summed E-state index contributed by atoms with van der Waals surface area (Å²) in [6.45, 7) is 4.12. The van der Waals surface area contributed by atoms with E-state index in [0.29, 0.717) is 28.0 Å². The number of aliphatic hydroxyl groups is 2. The Morgan fingerprint density at radius 1 is 1.11 bits per heavy atom. The Morgan fingerprint density at radius 3 is 2.67 bits per heavy atom. The zero-order valence-electron chi connectivity index (χ0n) is 14.9. The van der Waals surface area contributed by atoms with Crippen LogP contribution >= 0.6 is 11.6 Å². The number of aliphatic hydroxyl groups excluding tert-OH is 1. The second kappa shape index (κ2) is 8.39. The third-order valence-corrected chi connectivity index (χ3v) is 3.90. The summed E-state index contributed by atoms with van der Waals surface area (Å²) in [5, 5.41) is 23.5. The fourth-order valence-corrected chi connectivity index (χ4v) is 2.61. The normalized spacial score (nSPS) is 11.2. The summed E-state index contributed by atoms with van der Waals surface area (Å²) in [7, 11) is 0. The number of aromatic nitrogens is 3. The van der Waals surface area contributed by atoms with Gasteiger partial charge in [-0.3, -0.25) is 0 Å². The predicted molar refractivity (Wildman–Crippen MR) is 100 cm³/mol. The Hall–Kier alpha value is -2.61. The molecule has 0 spiro atoms. The van der Waals surface area contributed by atoms with E-state index in [0.717, 1.165) is 5.56 Å². The molecule has 0 unspecified atom stereocenters. The molecule has 2 N–H and O–H groups in total. The Kier molecular flexibility index (Phi) is 5.95. The molecule has 2 aromatic heterocycles. The Morgan fingerprint density at radius 2 is 1.93 bits per heavy atom. The van der Waals surface area contributed by atoms with E-state index in [1.165, 1.54) is 23.0 Å². The molecular weight excluding hydrogens is 370 g/mol. The van der Waals surface area contributed by atoms with Gasteiger partial charge < -0.3 is 19.7 Å². The van der Waals surface area contributed by atoms with Crippen LogP contribution in [0.15, 0.2) is 48.8 Å². The molecule has 142 valence electrons. The van der Waals surface area contributed by atoms with E-state index in [4.69, 9.17) is 21.1 Å². The van der Waals surface area contributed by atoms with Crippen molar-refractivity contribution in [2.75, 3.05) is 0 Å². The van der Waals surface area contributed by atoms with Crippen molar-refractivity contribution in [2.24, 2.45) is 0 Å². The largest absolute Gasteiger partial charge is 0.491 e. The molecule has 0 aliphatic heterocycles. The number of nitrogens with zero attached hydrogens (tertiary/aromatic N) is 3. The summed E-state index contributed by atoms with van der Waals surface area (Å²) in [6, 6.07) is 10.1. The van der Waals surface area contributed by atoms with Crippen LogP contribution in [0.1, 0.15) is 31.3 Å². The molecule has 0 amide bonds. The molecule has 2 heterocycles. The Bertz CT molecular complexity index is 911. The second-order valence-electron chi connectivity index (χ2n) is 6.11. The van der Waals surface area contributed by atoms with Gasteiger partial charge in [0.25, 0.3) is 0 Å². The highest BCUT2D eigenvalue weighted by atomic mass is 35.5. The van der Waals surface area contributed by atoms with Gasteiger partial charge in [0.1, 0.15) is 12.4 Å². The van der Waals surface area contributed by atoms with Gasteiger partial charge >= 0.3 is 0 Å². The first-order valence-corrected chi connectivity index (χ1v) is 8.76. The summed E-state index contributed by atoms with van der Waals surface area (Å²) >= 11 is 6.06. The van der Waals surface area contributed by atoms with Gasteiger partial charge in [-0.25, -0.2) is 4.98 Å². The smallest absolute Gasteiger partial charge is 0.218 e. The Labute approximate surface area is 161 Å². The lowest BCUT2D eigenvalue weighted by Crippen LogP contribution is -2.10. The van der Waals surface area contributed by atoms with Gasteiger partial charge in [-0.15, -0.1) is 0 Å². The molecule has 3 rings (SSSR count). The van der Waals surface area contributed by atoms with Crippen molar-refractivity contribution in [1.29, 1.82) is 0 Å². The lowest BCUT2D eigenvalue weighted by Gasteiger charge is -2.15. The highest BCUT2D eigenvalue weighted by molar-refractivity contribution is 6.30. The molecule has 27 heavy (non-hydrogen) atoms. The number of halogens is 1. The molecule has 0 saturated heterocycles. The molecule has 8 heteroatoms. The van der Waals surface area contributed by atoms with Crippen molar-refractivity contribution in [1.82, 2.24) is 14.8 Å². The maximum absolute atomic E-state index is 9.33. The summed E-state index contributed by atoms with van der Waals surface area (Å²) < 4.78 is 13.2. The number of rotatable bonds is 7. The number of hydrogen-bond acceptors (Lipinski definition) is 6. The maximum atomic E-state index is 9.33. The van der Waals surface area contributed by atoms with Gasteiger partial charge in [-0.1, -0.05) is 17.7 Å². The van der Waals surface area contributed by atoms with Crippen molar-refractivity contribution in [3.8, 4) is 17.4 Å². The van der Waals surface area contributed by atoms with Crippen LogP contribution in [-0.2, 0) is 6.61 Å². The third-order valence-electron chi connectivity index (χ3n) is 3.66. The molecule has 0 radical (unpaired) electrons. The van der Waals surface area contributed by atoms with E-state index in [9.17, 15) is 10.2 Å². The van der Waals surface area contributed by atoms with E-state index >= 15 is 0 Å². The monoisotopic (exact) mass is 389 g/mol. The van der Waals surface area contributed by atoms with Crippen LogP contribution in [0, 0.1) is 0 Å². The minimum Gasteiger partial charge on any atom is -0.491 e. The van der Waals surface area contributed by atoms with Gasteiger partial charge in [0.2, 0.25) is 5.88 Å². The lowest BCUT2D eigenvalue weighted by molar-refractivity contribution is -0.0425. The minimum absolute atomic E-state index is 0.00425. The topological polar surface area (TPSA) is 89.6 Å². The summed E-state index contributed by atoms with van der Waals surface area (Å²) in [4.78, 5) is 4.20. The molecule has 0 aliphatic rings. The first-order valence-electron chi connectivity index (χ1n) is 8.38. The van der Waals surface area contributed by atoms with Crippen LogP contribution in [-0.4, -0.2) is 31.1 Å². The summed E-state index contributed by atoms with van der Waals surface area (Å²) in [5.74, 6) is 1.53. The number of ether oxygens (including phenoxy) is 2. The van der Waals surface area contributed by atoms with Gasteiger partial charge in [-0.2, -0.15) is 9.78 Å². The molecule has 7 nitrogen and oxygen atoms in total. The van der Waals surface area contributed by atoms with Crippen molar-refractivity contribution in [2.45, 2.75) is 32.8 Å². The SMILES string of the molecule is CC(C)Oc1cc(Cl)ccc1COc1ccnn1-c1cc(C(O)O)ccn1. The van der Waals surface area contributed by atoms with Gasteiger partial charge in [0.15, 0.2) is 12.1 Å². The maximum Gasteiger partial charge on any atom is 0.218 e. The van der Waals surface area contributed by atoms with E-state index in [1.54, 1.807) is 24.4 Å². The second-order valence-corrected chi connectivity index (χ2v) is 6.55. The van der Waals surface area contributed by atoms with Crippen LogP contribution in [0.4, 0.5) is 0 Å². The lowest BCUT2D eigenvalue weighted by atomic mass is 10.2. The van der Waals surface area contributed by atoms with E-state index < -0.39 is 6.29 Å². The van der Waals surface area contributed by atoms with E-state index in [-0.39, 0.29) is 12.7 Å². The first-order chi connectivity index (χ1) is 12.9. The van der Waals surface area contributed by atoms with Crippen LogP contribution < -0.4 is 9.47 Å². The highest BCUT2D eigenvalue weighted by Gasteiger charge is 2.13. The Balaban J connectivity index is 1.81. The van der Waals surface area contributed by atoms with Crippen LogP contribution in [0.5, 0.6) is 11.6 Å². The minimum atomic E-state index is -1.59. The third kappa shape index (κ3) is 4.77. The molecule has 0 bridgehead atoms. The molecule has 0 fully saturated rings. The average Bonchev–Trinajstić information content (AvgIpc) is 3.09. The van der Waals surface area contributed by atoms with Crippen molar-refractivity contribution in [3.63, 3.8) is 0 Å². The van der Waals surface area contributed by atoms with Crippen LogP contribution in [0.2, 0.25) is 5.02 Å². The first kappa shape index (κ1) is 19.2. The quantitative estimate of drug-likeness (QED) is 0.603. The molecule has 0 saturated carbocycles. The van der Waals surface area contributed by atoms with Crippen LogP contribution in [0.25, 0.3) is 5.82 Å². The van der Waals surface area contributed by atoms with Crippen molar-refractivity contribution in [3.05, 3.63) is 64.9 Å². The average molecular weight is 390 g/mol. The standard InChI is InChI=1S/C19H20ClN3O4/c1-12(2)27-16-10-15(20)4-3-14(16)11-26-18-6-8-22-23(18)17-9-13(19(24)25)5-7-21-17/h3-10,12,19,24-25H,11H2,1-2H3. The van der Waals surface area contributed by atoms with E-state index in [1.807, 2.05) is 19.9 Å². The number of hydrogen-bond donors (Lipinski definition) is 2. The molecule has 3 aromatic rings. The molecule has 0 aliphatic carbocycles. The van der Waals surface area contributed by atoms with Crippen molar-refractivity contribution < 1.29 is 19.7 Å². The molecular formula is C19H20ClN3O4. The van der Waals surface area contributed by atoms with Gasteiger partial charge in [0.05, 0.1) is 12.3 Å². The number of benzene rings is 1. The van der Waals surface area contributed by atoms with Crippen LogP contribution in [0.3, 0.4) is 0 Å². The molecule has 1 aromatic carbocycles. The van der Waals surface area contributed by atoms with Crippen molar-refractivity contribution >= 4 is 11.6 Å². The van der Waals surface area contributed by atoms with E-state index in [2.05, 4.69) is 10.1 Å². The summed E-state index contributed by atoms with van der Waals surface area (Å²) in [6.07, 6.45) is 1.47. The fourth-order valence-electron chi connectivity index (χ4n) is 2.45. The predicted octanol–water partition coefficient (Wildman–Crippen LogP) is 3.27.